The molecule has 1 aromatic carbocycles. The van der Waals surface area contributed by atoms with Crippen LogP contribution in [0.15, 0.2) is 30.3 Å². The van der Waals surface area contributed by atoms with Crippen molar-refractivity contribution in [2.45, 2.75) is 13.8 Å². The number of carbonyl (C=O) groups is 2. The molecule has 0 unspecified atom stereocenters. The first-order valence-corrected chi connectivity index (χ1v) is 6.27. The van der Waals surface area contributed by atoms with Crippen LogP contribution in [-0.2, 0) is 0 Å². The van der Waals surface area contributed by atoms with Crippen molar-refractivity contribution < 1.29 is 14.7 Å². The van der Waals surface area contributed by atoms with E-state index in [1.165, 1.54) is 12.1 Å². The molecule has 1 amide bonds. The third kappa shape index (κ3) is 3.17. The molecule has 0 radical (unpaired) electrons. The fraction of sp³-hybridized carbons (Fsp3) is 0.133. The Labute approximate surface area is 121 Å². The van der Waals surface area contributed by atoms with Crippen LogP contribution in [-0.4, -0.2) is 22.0 Å². The molecule has 0 saturated carbocycles. The highest BCUT2D eigenvalue weighted by Crippen LogP contribution is 2.24. The highest BCUT2D eigenvalue weighted by atomic mass is 16.4. The van der Waals surface area contributed by atoms with Crippen molar-refractivity contribution in [2.75, 3.05) is 5.32 Å². The van der Waals surface area contributed by atoms with Gasteiger partial charge in [-0.25, -0.2) is 4.79 Å². The summed E-state index contributed by atoms with van der Waals surface area (Å²) in [5, 5.41) is 11.9. The van der Waals surface area contributed by atoms with E-state index in [-0.39, 0.29) is 5.56 Å². The third-order valence-electron chi connectivity index (χ3n) is 2.99. The van der Waals surface area contributed by atoms with E-state index >= 15 is 0 Å². The van der Waals surface area contributed by atoms with Gasteiger partial charge in [0.2, 0.25) is 0 Å². The van der Waals surface area contributed by atoms with Crippen LogP contribution < -0.4 is 11.1 Å². The predicted octanol–water partition coefficient (Wildman–Crippen LogP) is 2.24. The fourth-order valence-electron chi connectivity index (χ4n) is 2.09. The fourth-order valence-corrected chi connectivity index (χ4v) is 2.09. The number of aromatic nitrogens is 1. The summed E-state index contributed by atoms with van der Waals surface area (Å²) in [6.45, 7) is 3.53. The lowest BCUT2D eigenvalue weighted by molar-refractivity contribution is 0.0696. The average molecular weight is 285 g/mol. The van der Waals surface area contributed by atoms with E-state index in [1.54, 1.807) is 25.1 Å². The zero-order chi connectivity index (χ0) is 15.6. The van der Waals surface area contributed by atoms with Crippen molar-refractivity contribution in [1.82, 2.24) is 4.98 Å². The molecule has 0 fully saturated rings. The topological polar surface area (TPSA) is 105 Å². The molecule has 0 aliphatic heterocycles. The van der Waals surface area contributed by atoms with Gasteiger partial charge < -0.3 is 16.2 Å². The van der Waals surface area contributed by atoms with Gasteiger partial charge in [-0.05, 0) is 44.2 Å². The van der Waals surface area contributed by atoms with E-state index in [9.17, 15) is 9.59 Å². The number of aromatic carboxylic acids is 1. The zero-order valence-electron chi connectivity index (χ0n) is 11.7. The molecule has 6 heteroatoms. The molecule has 21 heavy (non-hydrogen) atoms. The summed E-state index contributed by atoms with van der Waals surface area (Å²) in [6.07, 6.45) is 0. The molecule has 2 aromatic rings. The van der Waals surface area contributed by atoms with Crippen molar-refractivity contribution >= 4 is 23.3 Å². The number of nitrogens with one attached hydrogen (secondary N) is 1. The first-order valence-electron chi connectivity index (χ1n) is 6.27. The number of carboxylic acid groups (broad SMARTS) is 1. The number of hydrogen-bond donors (Lipinski definition) is 3. The van der Waals surface area contributed by atoms with E-state index in [2.05, 4.69) is 10.3 Å². The molecule has 2 rings (SSSR count). The second kappa shape index (κ2) is 5.62. The largest absolute Gasteiger partial charge is 0.478 e. The number of nitrogens with zero attached hydrogens (tertiary/aromatic N) is 1. The van der Waals surface area contributed by atoms with E-state index in [0.29, 0.717) is 22.6 Å². The molecule has 0 bridgehead atoms. The molecular weight excluding hydrogens is 270 g/mol. The molecule has 0 spiro atoms. The Hall–Kier alpha value is -2.89. The maximum Gasteiger partial charge on any atom is 0.335 e. The average Bonchev–Trinajstić information content (AvgIpc) is 2.37. The molecule has 0 saturated heterocycles. The van der Waals surface area contributed by atoms with Gasteiger partial charge in [-0.15, -0.1) is 0 Å². The molecule has 1 aromatic heterocycles. The van der Waals surface area contributed by atoms with Gasteiger partial charge in [0.05, 0.1) is 22.5 Å². The summed E-state index contributed by atoms with van der Waals surface area (Å²) < 4.78 is 0. The lowest BCUT2D eigenvalue weighted by Crippen LogP contribution is -2.16. The number of nitrogens with two attached hydrogens (primary N) is 1. The number of hydrogen-bond acceptors (Lipinski definition) is 4. The summed E-state index contributed by atoms with van der Waals surface area (Å²) in [4.78, 5) is 26.6. The molecule has 0 atom stereocenters. The zero-order valence-corrected chi connectivity index (χ0v) is 11.7. The van der Waals surface area contributed by atoms with Crippen LogP contribution >= 0.6 is 0 Å². The minimum Gasteiger partial charge on any atom is -0.478 e. The van der Waals surface area contributed by atoms with E-state index in [0.717, 1.165) is 5.69 Å². The number of carbonyl (C=O) groups excluding carboxylic acids is 1. The van der Waals surface area contributed by atoms with Gasteiger partial charge in [0.25, 0.3) is 5.91 Å². The summed E-state index contributed by atoms with van der Waals surface area (Å²) >= 11 is 0. The van der Waals surface area contributed by atoms with E-state index < -0.39 is 11.9 Å². The van der Waals surface area contributed by atoms with Crippen molar-refractivity contribution in [3.8, 4) is 0 Å². The van der Waals surface area contributed by atoms with Crippen LogP contribution in [0.3, 0.4) is 0 Å². The second-order valence-electron chi connectivity index (χ2n) is 4.64. The molecule has 0 aliphatic carbocycles. The number of benzene rings is 1. The molecule has 0 aliphatic rings. The Kier molecular flexibility index (Phi) is 3.89. The smallest absolute Gasteiger partial charge is 0.335 e. The van der Waals surface area contributed by atoms with Gasteiger partial charge in [-0.3, -0.25) is 9.78 Å². The van der Waals surface area contributed by atoms with Crippen LogP contribution in [0.1, 0.15) is 32.1 Å². The predicted molar refractivity (Wildman–Crippen MR) is 78.9 cm³/mol. The molecule has 108 valence electrons. The number of anilines is 2. The van der Waals surface area contributed by atoms with Gasteiger partial charge in [0.1, 0.15) is 0 Å². The van der Waals surface area contributed by atoms with Crippen LogP contribution in [0, 0.1) is 13.8 Å². The number of pyridine rings is 1. The van der Waals surface area contributed by atoms with Crippen molar-refractivity contribution in [3.63, 3.8) is 0 Å². The van der Waals surface area contributed by atoms with Crippen LogP contribution in [0.25, 0.3) is 0 Å². The quantitative estimate of drug-likeness (QED) is 0.799. The summed E-state index contributed by atoms with van der Waals surface area (Å²) in [5.74, 6) is -1.56. The monoisotopic (exact) mass is 285 g/mol. The van der Waals surface area contributed by atoms with Gasteiger partial charge in [-0.1, -0.05) is 0 Å². The van der Waals surface area contributed by atoms with Gasteiger partial charge in [0.15, 0.2) is 0 Å². The number of rotatable bonds is 4. The molecule has 6 nitrogen and oxygen atoms in total. The van der Waals surface area contributed by atoms with E-state index in [4.69, 9.17) is 10.8 Å². The molecule has 1 heterocycles. The Balaban J connectivity index is 2.39. The van der Waals surface area contributed by atoms with Crippen molar-refractivity contribution in [2.24, 2.45) is 5.73 Å². The van der Waals surface area contributed by atoms with Crippen LogP contribution in [0.4, 0.5) is 11.4 Å². The van der Waals surface area contributed by atoms with Gasteiger partial charge in [-0.2, -0.15) is 0 Å². The van der Waals surface area contributed by atoms with E-state index in [1.807, 2.05) is 6.92 Å². The number of primary amides is 1. The Morgan fingerprint density at radius 3 is 2.33 bits per heavy atom. The SMILES string of the molecule is Cc1cc(Nc2ccc(C(=O)O)cc2)c(C(N)=O)c(C)n1. The minimum absolute atomic E-state index is 0.192. The lowest BCUT2D eigenvalue weighted by Gasteiger charge is -2.13. The third-order valence-corrected chi connectivity index (χ3v) is 2.99. The lowest BCUT2D eigenvalue weighted by atomic mass is 10.1. The maximum absolute atomic E-state index is 11.6. The number of amides is 1. The Morgan fingerprint density at radius 2 is 1.81 bits per heavy atom. The Morgan fingerprint density at radius 1 is 1.19 bits per heavy atom. The maximum atomic E-state index is 11.6. The number of carboxylic acids is 1. The minimum atomic E-state index is -0.991. The van der Waals surface area contributed by atoms with Gasteiger partial charge in [0, 0.05) is 11.4 Å². The normalized spacial score (nSPS) is 10.2. The standard InChI is InChI=1S/C15H15N3O3/c1-8-7-12(13(14(16)19)9(2)17-8)18-11-5-3-10(4-6-11)15(20)21/h3-7H,1-2H3,(H2,16,19)(H,17,18)(H,20,21). The van der Waals surface area contributed by atoms with Crippen LogP contribution in [0.2, 0.25) is 0 Å². The summed E-state index contributed by atoms with van der Waals surface area (Å²) in [5.41, 5.74) is 8.41. The first-order chi connectivity index (χ1) is 9.88. The highest BCUT2D eigenvalue weighted by molar-refractivity contribution is 6.00. The molecular formula is C15H15N3O3. The summed E-state index contributed by atoms with van der Waals surface area (Å²) in [6, 6.07) is 7.93. The molecule has 4 N–H and O–H groups in total. The number of aryl methyl sites for hydroxylation is 2. The van der Waals surface area contributed by atoms with Crippen molar-refractivity contribution in [1.29, 1.82) is 0 Å². The first kappa shape index (κ1) is 14.5. The Bertz CT molecular complexity index is 709. The summed E-state index contributed by atoms with van der Waals surface area (Å²) in [7, 11) is 0. The van der Waals surface area contributed by atoms with Crippen molar-refractivity contribution in [3.05, 3.63) is 52.8 Å². The second-order valence-corrected chi connectivity index (χ2v) is 4.64. The highest BCUT2D eigenvalue weighted by Gasteiger charge is 2.14. The van der Waals surface area contributed by atoms with Gasteiger partial charge >= 0.3 is 5.97 Å². The van der Waals surface area contributed by atoms with Crippen LogP contribution in [0.5, 0.6) is 0 Å².